The number of halogens is 1. The average Bonchev–Trinajstić information content (AvgIpc) is 2.47. The number of anilines is 1. The Balaban J connectivity index is 1.90. The van der Waals surface area contributed by atoms with E-state index in [0.29, 0.717) is 32.4 Å². The van der Waals surface area contributed by atoms with Crippen molar-refractivity contribution in [2.24, 2.45) is 0 Å². The third-order valence-corrected chi connectivity index (χ3v) is 2.85. The molecule has 0 amide bonds. The summed E-state index contributed by atoms with van der Waals surface area (Å²) in [5.74, 6) is 0.526. The molecule has 0 spiro atoms. The van der Waals surface area contributed by atoms with Crippen molar-refractivity contribution in [1.82, 2.24) is 15.0 Å². The van der Waals surface area contributed by atoms with Gasteiger partial charge in [0.15, 0.2) is 0 Å². The number of aromatic nitrogens is 3. The van der Waals surface area contributed by atoms with E-state index in [9.17, 15) is 0 Å². The van der Waals surface area contributed by atoms with Crippen molar-refractivity contribution in [3.63, 3.8) is 0 Å². The van der Waals surface area contributed by atoms with E-state index >= 15 is 0 Å². The minimum atomic E-state index is 0.131. The fourth-order valence-electron chi connectivity index (χ4n) is 1.73. The van der Waals surface area contributed by atoms with Gasteiger partial charge in [0.25, 0.3) is 0 Å². The zero-order valence-corrected chi connectivity index (χ0v) is 12.3. The van der Waals surface area contributed by atoms with Crippen LogP contribution in [0.5, 0.6) is 6.01 Å². The topological polar surface area (TPSA) is 69.6 Å². The SMILES string of the molecule is CCCOCCOc1nc(Cl)nc(N2CCOCC2)n1. The van der Waals surface area contributed by atoms with Crippen molar-refractivity contribution in [3.8, 4) is 6.01 Å². The Morgan fingerprint density at radius 1 is 1.15 bits per heavy atom. The Bertz CT molecular complexity index is 416. The van der Waals surface area contributed by atoms with E-state index in [0.717, 1.165) is 26.1 Å². The van der Waals surface area contributed by atoms with Crippen molar-refractivity contribution >= 4 is 17.5 Å². The molecule has 2 heterocycles. The highest BCUT2D eigenvalue weighted by Gasteiger charge is 2.16. The third-order valence-electron chi connectivity index (χ3n) is 2.68. The van der Waals surface area contributed by atoms with Crippen molar-refractivity contribution in [2.45, 2.75) is 13.3 Å². The summed E-state index contributed by atoms with van der Waals surface area (Å²) in [7, 11) is 0. The van der Waals surface area contributed by atoms with Crippen LogP contribution in [0.2, 0.25) is 5.28 Å². The molecule has 0 saturated carbocycles. The monoisotopic (exact) mass is 302 g/mol. The first-order chi connectivity index (χ1) is 9.79. The summed E-state index contributed by atoms with van der Waals surface area (Å²) in [6.45, 7) is 6.46. The minimum absolute atomic E-state index is 0.131. The molecule has 1 aromatic heterocycles. The molecule has 8 heteroatoms. The number of hydrogen-bond acceptors (Lipinski definition) is 7. The predicted molar refractivity (Wildman–Crippen MR) is 74.5 cm³/mol. The van der Waals surface area contributed by atoms with Crippen molar-refractivity contribution in [1.29, 1.82) is 0 Å². The highest BCUT2D eigenvalue weighted by molar-refractivity contribution is 6.28. The molecule has 0 N–H and O–H groups in total. The van der Waals surface area contributed by atoms with Gasteiger partial charge in [0.05, 0.1) is 19.8 Å². The van der Waals surface area contributed by atoms with Crippen LogP contribution in [-0.4, -0.2) is 61.1 Å². The van der Waals surface area contributed by atoms with E-state index in [-0.39, 0.29) is 11.3 Å². The Hall–Kier alpha value is -1.18. The first-order valence-electron chi connectivity index (χ1n) is 6.74. The first-order valence-corrected chi connectivity index (χ1v) is 7.12. The lowest BCUT2D eigenvalue weighted by Gasteiger charge is -2.26. The van der Waals surface area contributed by atoms with Crippen LogP contribution in [0.15, 0.2) is 0 Å². The number of rotatable bonds is 7. The molecule has 0 radical (unpaired) electrons. The average molecular weight is 303 g/mol. The van der Waals surface area contributed by atoms with Crippen LogP contribution < -0.4 is 9.64 Å². The van der Waals surface area contributed by atoms with E-state index in [1.807, 2.05) is 4.90 Å². The predicted octanol–water partition coefficient (Wildman–Crippen LogP) is 1.17. The molecule has 1 aliphatic rings. The quantitative estimate of drug-likeness (QED) is 0.700. The number of nitrogens with zero attached hydrogens (tertiary/aromatic N) is 4. The Morgan fingerprint density at radius 2 is 1.95 bits per heavy atom. The number of hydrogen-bond donors (Lipinski definition) is 0. The molecule has 1 fully saturated rings. The highest BCUT2D eigenvalue weighted by Crippen LogP contribution is 2.16. The van der Waals surface area contributed by atoms with Gasteiger partial charge in [-0.15, -0.1) is 0 Å². The van der Waals surface area contributed by atoms with Crippen LogP contribution in [0.25, 0.3) is 0 Å². The molecule has 0 bridgehead atoms. The minimum Gasteiger partial charge on any atom is -0.461 e. The van der Waals surface area contributed by atoms with Gasteiger partial charge in [0.1, 0.15) is 6.61 Å². The number of ether oxygens (including phenoxy) is 3. The van der Waals surface area contributed by atoms with Crippen LogP contribution in [0, 0.1) is 0 Å². The number of morpholine rings is 1. The summed E-state index contributed by atoms with van der Waals surface area (Å²) >= 11 is 5.90. The van der Waals surface area contributed by atoms with E-state index in [1.165, 1.54) is 0 Å². The first kappa shape index (κ1) is 15.2. The molecule has 1 saturated heterocycles. The molecule has 0 aliphatic carbocycles. The lowest BCUT2D eigenvalue weighted by molar-refractivity contribution is 0.0969. The van der Waals surface area contributed by atoms with Crippen molar-refractivity contribution in [2.75, 3.05) is 51.0 Å². The maximum absolute atomic E-state index is 5.90. The van der Waals surface area contributed by atoms with Crippen molar-refractivity contribution < 1.29 is 14.2 Å². The van der Waals surface area contributed by atoms with E-state index in [2.05, 4.69) is 21.9 Å². The zero-order chi connectivity index (χ0) is 14.2. The normalized spacial score (nSPS) is 15.4. The molecular formula is C12H19ClN4O3. The fraction of sp³-hybridized carbons (Fsp3) is 0.750. The molecule has 0 atom stereocenters. The van der Waals surface area contributed by atoms with Gasteiger partial charge in [-0.25, -0.2) is 0 Å². The Kier molecular flexibility index (Phi) is 6.23. The van der Waals surface area contributed by atoms with Gasteiger partial charge in [-0.3, -0.25) is 0 Å². The van der Waals surface area contributed by atoms with Gasteiger partial charge in [-0.1, -0.05) is 6.92 Å². The largest absolute Gasteiger partial charge is 0.461 e. The molecule has 0 aromatic carbocycles. The fourth-order valence-corrected chi connectivity index (χ4v) is 1.88. The van der Waals surface area contributed by atoms with Crippen LogP contribution in [0.4, 0.5) is 5.95 Å². The second-order valence-electron chi connectivity index (χ2n) is 4.25. The van der Waals surface area contributed by atoms with Crippen molar-refractivity contribution in [3.05, 3.63) is 5.28 Å². The molecule has 2 rings (SSSR count). The summed E-state index contributed by atoms with van der Waals surface area (Å²) in [5, 5.41) is 0.131. The zero-order valence-electron chi connectivity index (χ0n) is 11.5. The molecule has 20 heavy (non-hydrogen) atoms. The molecule has 1 aliphatic heterocycles. The summed E-state index contributed by atoms with van der Waals surface area (Å²) < 4.78 is 16.1. The van der Waals surface area contributed by atoms with Gasteiger partial charge < -0.3 is 19.1 Å². The van der Waals surface area contributed by atoms with Gasteiger partial charge in [-0.2, -0.15) is 15.0 Å². The maximum atomic E-state index is 5.90. The summed E-state index contributed by atoms with van der Waals surface area (Å²) in [4.78, 5) is 14.3. The van der Waals surface area contributed by atoms with Gasteiger partial charge in [-0.05, 0) is 18.0 Å². The Morgan fingerprint density at radius 3 is 2.70 bits per heavy atom. The maximum Gasteiger partial charge on any atom is 0.322 e. The Labute approximate surface area is 123 Å². The smallest absolute Gasteiger partial charge is 0.322 e. The van der Waals surface area contributed by atoms with Gasteiger partial charge in [0.2, 0.25) is 11.2 Å². The van der Waals surface area contributed by atoms with E-state index < -0.39 is 0 Å². The highest BCUT2D eigenvalue weighted by atomic mass is 35.5. The van der Waals surface area contributed by atoms with E-state index in [4.69, 9.17) is 25.8 Å². The third kappa shape index (κ3) is 4.73. The standard InChI is InChI=1S/C12H19ClN4O3/c1-2-5-18-8-9-20-12-15-10(13)14-11(16-12)17-3-6-19-7-4-17/h2-9H2,1H3. The molecule has 7 nitrogen and oxygen atoms in total. The van der Waals surface area contributed by atoms with Crippen LogP contribution in [0.1, 0.15) is 13.3 Å². The lowest BCUT2D eigenvalue weighted by atomic mass is 10.4. The summed E-state index contributed by atoms with van der Waals surface area (Å²) in [6.07, 6.45) is 0.985. The van der Waals surface area contributed by atoms with Crippen LogP contribution in [0.3, 0.4) is 0 Å². The van der Waals surface area contributed by atoms with E-state index in [1.54, 1.807) is 0 Å². The van der Waals surface area contributed by atoms with Gasteiger partial charge in [0, 0.05) is 19.7 Å². The lowest BCUT2D eigenvalue weighted by Crippen LogP contribution is -2.37. The van der Waals surface area contributed by atoms with Crippen LogP contribution in [-0.2, 0) is 9.47 Å². The molecular weight excluding hydrogens is 284 g/mol. The van der Waals surface area contributed by atoms with Gasteiger partial charge >= 0.3 is 6.01 Å². The second-order valence-corrected chi connectivity index (χ2v) is 4.59. The molecule has 0 unspecified atom stereocenters. The summed E-state index contributed by atoms with van der Waals surface area (Å²) in [5.41, 5.74) is 0. The molecule has 1 aromatic rings. The van der Waals surface area contributed by atoms with Crippen LogP contribution >= 0.6 is 11.6 Å². The summed E-state index contributed by atoms with van der Waals surface area (Å²) in [6, 6.07) is 0.228. The second kappa shape index (κ2) is 8.18. The molecule has 112 valence electrons.